The molecule has 0 aliphatic carbocycles. The maximum atomic E-state index is 11.8. The van der Waals surface area contributed by atoms with Gasteiger partial charge in [-0.3, -0.25) is 9.59 Å². The Morgan fingerprint density at radius 2 is 1.90 bits per heavy atom. The van der Waals surface area contributed by atoms with Crippen molar-refractivity contribution in [2.75, 3.05) is 11.9 Å². The monoisotopic (exact) mass is 312 g/mol. The van der Waals surface area contributed by atoms with E-state index in [1.807, 2.05) is 27.7 Å². The maximum absolute atomic E-state index is 11.8. The summed E-state index contributed by atoms with van der Waals surface area (Å²) in [5.74, 6) is -1.63. The Kier molecular flexibility index (Phi) is 5.75. The van der Waals surface area contributed by atoms with Gasteiger partial charge in [-0.15, -0.1) is 0 Å². The van der Waals surface area contributed by atoms with Gasteiger partial charge in [0.25, 0.3) is 0 Å². The number of amides is 2. The number of nitrogens with one attached hydrogen (secondary N) is 2. The highest BCUT2D eigenvalue weighted by Crippen LogP contribution is 2.22. The van der Waals surface area contributed by atoms with Gasteiger partial charge in [0.1, 0.15) is 0 Å². The van der Waals surface area contributed by atoms with Crippen LogP contribution in [0.15, 0.2) is 18.2 Å². The molecule has 0 spiro atoms. The van der Waals surface area contributed by atoms with Crippen LogP contribution in [-0.2, 0) is 9.59 Å². The number of aryl methyl sites for hydroxylation is 1. The molecule has 0 radical (unpaired) electrons. The molecule has 1 atom stereocenters. The van der Waals surface area contributed by atoms with Gasteiger partial charge >= 0.3 is 11.8 Å². The Labute approximate surface area is 129 Å². The van der Waals surface area contributed by atoms with Gasteiger partial charge in [-0.2, -0.15) is 0 Å². The van der Waals surface area contributed by atoms with Crippen LogP contribution < -0.4 is 10.6 Å². The van der Waals surface area contributed by atoms with Crippen molar-refractivity contribution in [3.63, 3.8) is 0 Å². The third-order valence-corrected chi connectivity index (χ3v) is 3.36. The van der Waals surface area contributed by atoms with E-state index in [9.17, 15) is 14.7 Å². The predicted octanol–water partition coefficient (Wildman–Crippen LogP) is 2.11. The summed E-state index contributed by atoms with van der Waals surface area (Å²) in [6, 6.07) is 5.13. The summed E-state index contributed by atoms with van der Waals surface area (Å²) in [4.78, 5) is 23.5. The number of aliphatic hydroxyl groups is 1. The third kappa shape index (κ3) is 5.36. The zero-order valence-corrected chi connectivity index (χ0v) is 13.4. The van der Waals surface area contributed by atoms with E-state index < -0.39 is 17.9 Å². The molecule has 0 aliphatic rings. The molecular weight excluding hydrogens is 292 g/mol. The zero-order chi connectivity index (χ0) is 16.2. The fourth-order valence-electron chi connectivity index (χ4n) is 1.49. The molecule has 6 heteroatoms. The smallest absolute Gasteiger partial charge is 0.313 e. The summed E-state index contributed by atoms with van der Waals surface area (Å²) in [5.41, 5.74) is 0.926. The fraction of sp³-hybridized carbons (Fsp3) is 0.467. The Morgan fingerprint density at radius 3 is 2.48 bits per heavy atom. The number of benzene rings is 1. The van der Waals surface area contributed by atoms with Gasteiger partial charge in [-0.25, -0.2) is 0 Å². The molecule has 116 valence electrons. The SMILES string of the molecule is Cc1ccc(Cl)c(NC(=O)C(=O)NCC(O)C(C)(C)C)c1. The van der Waals surface area contributed by atoms with E-state index in [0.29, 0.717) is 10.7 Å². The second-order valence-electron chi connectivity index (χ2n) is 6.03. The molecular formula is C15H21ClN2O3. The van der Waals surface area contributed by atoms with Crippen LogP contribution >= 0.6 is 11.6 Å². The lowest BCUT2D eigenvalue weighted by Gasteiger charge is -2.25. The number of aliphatic hydroxyl groups excluding tert-OH is 1. The second kappa shape index (κ2) is 6.91. The standard InChI is InChI=1S/C15H21ClN2O3/c1-9-5-6-10(16)11(7-9)18-14(21)13(20)17-8-12(19)15(2,3)4/h5-7,12,19H,8H2,1-4H3,(H,17,20)(H,18,21). The molecule has 0 saturated carbocycles. The van der Waals surface area contributed by atoms with E-state index in [1.54, 1.807) is 18.2 Å². The number of rotatable bonds is 3. The Hall–Kier alpha value is -1.59. The largest absolute Gasteiger partial charge is 0.391 e. The third-order valence-electron chi connectivity index (χ3n) is 3.03. The quantitative estimate of drug-likeness (QED) is 0.748. The summed E-state index contributed by atoms with van der Waals surface area (Å²) < 4.78 is 0. The molecule has 0 aliphatic heterocycles. The van der Waals surface area contributed by atoms with E-state index in [4.69, 9.17) is 11.6 Å². The van der Waals surface area contributed by atoms with Gasteiger partial charge < -0.3 is 15.7 Å². The van der Waals surface area contributed by atoms with Crippen LogP contribution in [-0.4, -0.2) is 29.6 Å². The van der Waals surface area contributed by atoms with Crippen molar-refractivity contribution in [3.05, 3.63) is 28.8 Å². The van der Waals surface area contributed by atoms with Gasteiger partial charge in [0, 0.05) is 6.54 Å². The summed E-state index contributed by atoms with van der Waals surface area (Å²) in [5, 5.41) is 15.0. The van der Waals surface area contributed by atoms with Gasteiger partial charge in [0.2, 0.25) is 0 Å². The number of anilines is 1. The van der Waals surface area contributed by atoms with Gasteiger partial charge in [0.15, 0.2) is 0 Å². The van der Waals surface area contributed by atoms with Crippen LogP contribution in [0.3, 0.4) is 0 Å². The van der Waals surface area contributed by atoms with Crippen molar-refractivity contribution >= 4 is 29.1 Å². The number of hydrogen-bond acceptors (Lipinski definition) is 3. The second-order valence-corrected chi connectivity index (χ2v) is 6.44. The predicted molar refractivity (Wildman–Crippen MR) is 83.3 cm³/mol. The number of halogens is 1. The topological polar surface area (TPSA) is 78.4 Å². The molecule has 0 bridgehead atoms. The van der Waals surface area contributed by atoms with Crippen molar-refractivity contribution in [2.24, 2.45) is 5.41 Å². The fourth-order valence-corrected chi connectivity index (χ4v) is 1.65. The van der Waals surface area contributed by atoms with E-state index >= 15 is 0 Å². The van der Waals surface area contributed by atoms with Crippen molar-refractivity contribution in [2.45, 2.75) is 33.8 Å². The Balaban J connectivity index is 2.60. The Bertz CT molecular complexity index is 538. The number of hydrogen-bond donors (Lipinski definition) is 3. The first-order valence-corrected chi connectivity index (χ1v) is 7.02. The van der Waals surface area contributed by atoms with Crippen LogP contribution in [0.25, 0.3) is 0 Å². The summed E-state index contributed by atoms with van der Waals surface area (Å²) in [6.45, 7) is 7.40. The van der Waals surface area contributed by atoms with Crippen molar-refractivity contribution in [1.29, 1.82) is 0 Å². The zero-order valence-electron chi connectivity index (χ0n) is 12.7. The lowest BCUT2D eigenvalue weighted by atomic mass is 9.89. The molecule has 0 aromatic heterocycles. The Morgan fingerprint density at radius 1 is 1.29 bits per heavy atom. The molecule has 21 heavy (non-hydrogen) atoms. The minimum Gasteiger partial charge on any atom is -0.391 e. The van der Waals surface area contributed by atoms with Crippen molar-refractivity contribution < 1.29 is 14.7 Å². The average molecular weight is 313 g/mol. The molecule has 1 aromatic rings. The van der Waals surface area contributed by atoms with Crippen molar-refractivity contribution in [1.82, 2.24) is 5.32 Å². The first-order valence-electron chi connectivity index (χ1n) is 6.64. The highest BCUT2D eigenvalue weighted by atomic mass is 35.5. The molecule has 1 unspecified atom stereocenters. The molecule has 1 rings (SSSR count). The molecule has 0 saturated heterocycles. The normalized spacial score (nSPS) is 12.7. The average Bonchev–Trinajstić information content (AvgIpc) is 2.38. The van der Waals surface area contributed by atoms with Crippen LogP contribution in [0.1, 0.15) is 26.3 Å². The van der Waals surface area contributed by atoms with Crippen LogP contribution in [0.2, 0.25) is 5.02 Å². The molecule has 0 heterocycles. The van der Waals surface area contributed by atoms with Gasteiger partial charge in [-0.05, 0) is 30.0 Å². The molecule has 0 fully saturated rings. The highest BCUT2D eigenvalue weighted by Gasteiger charge is 2.24. The van der Waals surface area contributed by atoms with E-state index in [-0.39, 0.29) is 12.0 Å². The lowest BCUT2D eigenvalue weighted by molar-refractivity contribution is -0.136. The minimum absolute atomic E-state index is 0.0112. The number of carbonyl (C=O) groups excluding carboxylic acids is 2. The first-order chi connectivity index (χ1) is 9.61. The highest BCUT2D eigenvalue weighted by molar-refractivity contribution is 6.41. The summed E-state index contributed by atoms with van der Waals surface area (Å²) >= 11 is 5.95. The van der Waals surface area contributed by atoms with Gasteiger partial charge in [-0.1, -0.05) is 38.4 Å². The molecule has 3 N–H and O–H groups in total. The van der Waals surface area contributed by atoms with E-state index in [1.165, 1.54) is 0 Å². The van der Waals surface area contributed by atoms with Crippen LogP contribution in [0.4, 0.5) is 5.69 Å². The van der Waals surface area contributed by atoms with E-state index in [0.717, 1.165) is 5.56 Å². The molecule has 1 aromatic carbocycles. The summed E-state index contributed by atoms with van der Waals surface area (Å²) in [7, 11) is 0. The van der Waals surface area contributed by atoms with Crippen LogP contribution in [0, 0.1) is 12.3 Å². The molecule has 5 nitrogen and oxygen atoms in total. The van der Waals surface area contributed by atoms with Crippen LogP contribution in [0.5, 0.6) is 0 Å². The lowest BCUT2D eigenvalue weighted by Crippen LogP contribution is -2.43. The van der Waals surface area contributed by atoms with Crippen molar-refractivity contribution in [3.8, 4) is 0 Å². The van der Waals surface area contributed by atoms with Gasteiger partial charge in [0.05, 0.1) is 16.8 Å². The summed E-state index contributed by atoms with van der Waals surface area (Å²) in [6.07, 6.45) is -0.739. The first kappa shape index (κ1) is 17.5. The molecule has 2 amide bonds. The maximum Gasteiger partial charge on any atom is 0.313 e. The minimum atomic E-state index is -0.816. The number of carbonyl (C=O) groups is 2. The van der Waals surface area contributed by atoms with E-state index in [2.05, 4.69) is 10.6 Å².